The Morgan fingerprint density at radius 1 is 1.32 bits per heavy atom. The molecule has 4 nitrogen and oxygen atoms in total. The Labute approximate surface area is 117 Å². The molecule has 1 aliphatic carbocycles. The molecule has 0 radical (unpaired) electrons. The third-order valence-corrected chi connectivity index (χ3v) is 4.85. The largest absolute Gasteiger partial charge is 0.369 e. The minimum Gasteiger partial charge on any atom is -0.369 e. The monoisotopic (exact) mass is 276 g/mol. The first kappa shape index (κ1) is 12.7. The van der Waals surface area contributed by atoms with E-state index in [1.807, 2.05) is 7.05 Å². The number of hydrogen-bond acceptors (Lipinski definition) is 5. The van der Waals surface area contributed by atoms with Gasteiger partial charge in [0.25, 0.3) is 0 Å². The smallest absolute Gasteiger partial charge is 0.225 e. The van der Waals surface area contributed by atoms with Crippen molar-refractivity contribution in [3.05, 3.63) is 11.4 Å². The average molecular weight is 276 g/mol. The van der Waals surface area contributed by atoms with E-state index in [-0.39, 0.29) is 0 Å². The first-order chi connectivity index (χ1) is 9.20. The van der Waals surface area contributed by atoms with E-state index >= 15 is 0 Å². The van der Waals surface area contributed by atoms with Gasteiger partial charge in [-0.25, -0.2) is 4.98 Å². The number of aromatic nitrogens is 2. The molecule has 0 aliphatic heterocycles. The van der Waals surface area contributed by atoms with Crippen molar-refractivity contribution in [2.75, 3.05) is 24.2 Å². The van der Waals surface area contributed by atoms with Gasteiger partial charge in [0.15, 0.2) is 0 Å². The highest BCUT2D eigenvalue weighted by Gasteiger charge is 2.28. The van der Waals surface area contributed by atoms with Crippen molar-refractivity contribution in [2.24, 2.45) is 5.41 Å². The number of anilines is 2. The molecular formula is C14H20N4S. The van der Waals surface area contributed by atoms with Crippen LogP contribution in [0.3, 0.4) is 0 Å². The number of nitrogens with zero attached hydrogens (tertiary/aromatic N) is 2. The molecule has 1 fully saturated rings. The van der Waals surface area contributed by atoms with Crippen LogP contribution in [0.25, 0.3) is 10.2 Å². The fourth-order valence-corrected chi connectivity index (χ4v) is 3.57. The average Bonchev–Trinajstić information content (AvgIpc) is 3.04. The highest BCUT2D eigenvalue weighted by Crippen LogP contribution is 2.38. The van der Waals surface area contributed by atoms with Crippen molar-refractivity contribution in [3.8, 4) is 0 Å². The standard InChI is InChI=1S/C14H20N4S/c1-14(6-3-4-7-14)9-16-11-10-5-8-19-12(10)18-13(15-2)17-11/h5,8H,3-4,6-7,9H2,1-2H3,(H2,15,16,17,18). The van der Waals surface area contributed by atoms with Crippen LogP contribution in [0.5, 0.6) is 0 Å². The van der Waals surface area contributed by atoms with Crippen molar-refractivity contribution >= 4 is 33.3 Å². The molecular weight excluding hydrogens is 256 g/mol. The highest BCUT2D eigenvalue weighted by atomic mass is 32.1. The fourth-order valence-electron chi connectivity index (χ4n) is 2.80. The van der Waals surface area contributed by atoms with E-state index in [1.54, 1.807) is 11.3 Å². The maximum absolute atomic E-state index is 4.56. The summed E-state index contributed by atoms with van der Waals surface area (Å²) in [6, 6.07) is 2.10. The van der Waals surface area contributed by atoms with Crippen molar-refractivity contribution < 1.29 is 0 Å². The van der Waals surface area contributed by atoms with Crippen LogP contribution < -0.4 is 10.6 Å². The van der Waals surface area contributed by atoms with Gasteiger partial charge < -0.3 is 10.6 Å². The SMILES string of the molecule is CNc1nc(NCC2(C)CCCC2)c2ccsc2n1. The van der Waals surface area contributed by atoms with Crippen LogP contribution in [0.2, 0.25) is 0 Å². The number of thiophene rings is 1. The number of nitrogens with one attached hydrogen (secondary N) is 2. The van der Waals surface area contributed by atoms with Gasteiger partial charge in [0.1, 0.15) is 10.6 Å². The Morgan fingerprint density at radius 3 is 2.84 bits per heavy atom. The van der Waals surface area contributed by atoms with Gasteiger partial charge in [-0.05, 0) is 29.7 Å². The molecule has 5 heteroatoms. The van der Waals surface area contributed by atoms with Gasteiger partial charge in [-0.1, -0.05) is 19.8 Å². The molecule has 1 saturated carbocycles. The Kier molecular flexibility index (Phi) is 3.31. The number of hydrogen-bond donors (Lipinski definition) is 2. The Morgan fingerprint density at radius 2 is 2.11 bits per heavy atom. The van der Waals surface area contributed by atoms with Gasteiger partial charge >= 0.3 is 0 Å². The van der Waals surface area contributed by atoms with E-state index in [2.05, 4.69) is 39.0 Å². The molecule has 1 aliphatic rings. The molecule has 102 valence electrons. The summed E-state index contributed by atoms with van der Waals surface area (Å²) >= 11 is 1.66. The van der Waals surface area contributed by atoms with Crippen molar-refractivity contribution in [3.63, 3.8) is 0 Å². The summed E-state index contributed by atoms with van der Waals surface area (Å²) in [6.07, 6.45) is 5.35. The molecule has 0 bridgehead atoms. The molecule has 0 atom stereocenters. The summed E-state index contributed by atoms with van der Waals surface area (Å²) in [4.78, 5) is 10.1. The zero-order chi connectivity index (χ0) is 13.3. The van der Waals surface area contributed by atoms with Crippen molar-refractivity contribution in [1.82, 2.24) is 9.97 Å². The van der Waals surface area contributed by atoms with E-state index in [0.717, 1.165) is 22.6 Å². The van der Waals surface area contributed by atoms with Crippen LogP contribution in [-0.4, -0.2) is 23.6 Å². The maximum atomic E-state index is 4.56. The topological polar surface area (TPSA) is 49.8 Å². The lowest BCUT2D eigenvalue weighted by Crippen LogP contribution is -2.23. The molecule has 19 heavy (non-hydrogen) atoms. The number of fused-ring (bicyclic) bond motifs is 1. The van der Waals surface area contributed by atoms with Gasteiger partial charge in [0.05, 0.1) is 5.39 Å². The lowest BCUT2D eigenvalue weighted by Gasteiger charge is -2.24. The summed E-state index contributed by atoms with van der Waals surface area (Å²) in [5.41, 5.74) is 0.424. The first-order valence-corrected chi connectivity index (χ1v) is 7.75. The number of rotatable bonds is 4. The quantitative estimate of drug-likeness (QED) is 0.893. The van der Waals surface area contributed by atoms with E-state index in [1.165, 1.54) is 25.7 Å². The summed E-state index contributed by atoms with van der Waals surface area (Å²) in [5.74, 6) is 1.65. The van der Waals surface area contributed by atoms with Crippen LogP contribution in [0, 0.1) is 5.41 Å². The van der Waals surface area contributed by atoms with Gasteiger partial charge in [0.2, 0.25) is 5.95 Å². The van der Waals surface area contributed by atoms with Gasteiger partial charge in [-0.3, -0.25) is 0 Å². The van der Waals surface area contributed by atoms with Gasteiger partial charge in [-0.15, -0.1) is 11.3 Å². The molecule has 2 heterocycles. The van der Waals surface area contributed by atoms with Gasteiger partial charge in [-0.2, -0.15) is 4.98 Å². The second-order valence-corrected chi connectivity index (χ2v) is 6.55. The minimum atomic E-state index is 0.424. The summed E-state index contributed by atoms with van der Waals surface area (Å²) < 4.78 is 0. The summed E-state index contributed by atoms with van der Waals surface area (Å²) in [5, 5.41) is 9.78. The van der Waals surface area contributed by atoms with Crippen LogP contribution in [0.15, 0.2) is 11.4 Å². The molecule has 3 rings (SSSR count). The van der Waals surface area contributed by atoms with Crippen LogP contribution in [0.4, 0.5) is 11.8 Å². The molecule has 0 saturated heterocycles. The van der Waals surface area contributed by atoms with Crippen LogP contribution in [0.1, 0.15) is 32.6 Å². The fraction of sp³-hybridized carbons (Fsp3) is 0.571. The molecule has 2 N–H and O–H groups in total. The summed E-state index contributed by atoms with van der Waals surface area (Å²) in [7, 11) is 1.86. The molecule has 0 spiro atoms. The first-order valence-electron chi connectivity index (χ1n) is 6.87. The molecule has 0 aromatic carbocycles. The minimum absolute atomic E-state index is 0.424. The normalized spacial score (nSPS) is 17.8. The second-order valence-electron chi connectivity index (χ2n) is 5.66. The van der Waals surface area contributed by atoms with E-state index < -0.39 is 0 Å². The zero-order valence-electron chi connectivity index (χ0n) is 11.5. The van der Waals surface area contributed by atoms with E-state index in [0.29, 0.717) is 11.4 Å². The molecule has 2 aromatic heterocycles. The Bertz CT molecular complexity index is 572. The third-order valence-electron chi connectivity index (χ3n) is 4.04. The molecule has 2 aromatic rings. The lowest BCUT2D eigenvalue weighted by atomic mass is 9.89. The Balaban J connectivity index is 1.85. The maximum Gasteiger partial charge on any atom is 0.225 e. The second kappa shape index (κ2) is 4.96. The van der Waals surface area contributed by atoms with Gasteiger partial charge in [0, 0.05) is 13.6 Å². The third kappa shape index (κ3) is 2.52. The predicted molar refractivity (Wildman–Crippen MR) is 82.0 cm³/mol. The highest BCUT2D eigenvalue weighted by molar-refractivity contribution is 7.16. The van der Waals surface area contributed by atoms with E-state index in [9.17, 15) is 0 Å². The van der Waals surface area contributed by atoms with E-state index in [4.69, 9.17) is 0 Å². The van der Waals surface area contributed by atoms with Crippen LogP contribution >= 0.6 is 11.3 Å². The Hall–Kier alpha value is -1.36. The van der Waals surface area contributed by atoms with Crippen molar-refractivity contribution in [2.45, 2.75) is 32.6 Å². The predicted octanol–water partition coefficient (Wildman–Crippen LogP) is 3.73. The summed E-state index contributed by atoms with van der Waals surface area (Å²) in [6.45, 7) is 3.37. The van der Waals surface area contributed by atoms with Crippen molar-refractivity contribution in [1.29, 1.82) is 0 Å². The molecule has 0 amide bonds. The lowest BCUT2D eigenvalue weighted by molar-refractivity contribution is 0.362. The zero-order valence-corrected chi connectivity index (χ0v) is 12.3. The van der Waals surface area contributed by atoms with Crippen LogP contribution in [-0.2, 0) is 0 Å². The molecule has 0 unspecified atom stereocenters.